The van der Waals surface area contributed by atoms with Crippen molar-refractivity contribution in [1.82, 2.24) is 5.43 Å². The number of hydrogen-bond acceptors (Lipinski definition) is 2. The van der Waals surface area contributed by atoms with Crippen molar-refractivity contribution in [2.24, 2.45) is 5.84 Å². The third kappa shape index (κ3) is 1.01. The van der Waals surface area contributed by atoms with Gasteiger partial charge in [0, 0.05) is 5.54 Å². The molecule has 2 nitrogen and oxygen atoms in total. The summed E-state index contributed by atoms with van der Waals surface area (Å²) in [5.74, 6) is 5.32. The zero-order chi connectivity index (χ0) is 6.04. The topological polar surface area (TPSA) is 38.0 Å². The molecule has 0 saturated heterocycles. The minimum absolute atomic E-state index is 0.264. The van der Waals surface area contributed by atoms with E-state index in [1.54, 1.807) is 0 Å². The van der Waals surface area contributed by atoms with Gasteiger partial charge in [0.25, 0.3) is 0 Å². The second-order valence-electron chi connectivity index (χ2n) is 2.91. The molecule has 1 fully saturated rings. The van der Waals surface area contributed by atoms with Crippen molar-refractivity contribution in [2.75, 3.05) is 0 Å². The maximum Gasteiger partial charge on any atom is 0.0293 e. The van der Waals surface area contributed by atoms with Gasteiger partial charge in [0.15, 0.2) is 0 Å². The molecule has 0 radical (unpaired) electrons. The van der Waals surface area contributed by atoms with Crippen LogP contribution in [-0.4, -0.2) is 5.54 Å². The Balaban J connectivity index is 2.40. The number of nitrogens with two attached hydrogens (primary N) is 1. The average Bonchev–Trinajstić information content (AvgIpc) is 2.17. The molecule has 1 aliphatic carbocycles. The van der Waals surface area contributed by atoms with Gasteiger partial charge < -0.3 is 0 Å². The van der Waals surface area contributed by atoms with E-state index in [4.69, 9.17) is 5.84 Å². The molecular formula is C6H14N2. The van der Waals surface area contributed by atoms with Crippen molar-refractivity contribution in [3.05, 3.63) is 0 Å². The molecule has 8 heavy (non-hydrogen) atoms. The first kappa shape index (κ1) is 6.05. The molecule has 0 heterocycles. The van der Waals surface area contributed by atoms with Crippen LogP contribution in [-0.2, 0) is 0 Å². The first-order valence-electron chi connectivity index (χ1n) is 3.25. The van der Waals surface area contributed by atoms with Gasteiger partial charge in [-0.25, -0.2) is 0 Å². The molecule has 0 spiro atoms. The lowest BCUT2D eigenvalue weighted by Gasteiger charge is -2.21. The zero-order valence-electron chi connectivity index (χ0n) is 5.41. The predicted molar refractivity (Wildman–Crippen MR) is 34.2 cm³/mol. The van der Waals surface area contributed by atoms with Crippen LogP contribution in [0.15, 0.2) is 0 Å². The lowest BCUT2D eigenvalue weighted by Crippen LogP contribution is -2.44. The molecular weight excluding hydrogens is 100 g/mol. The van der Waals surface area contributed by atoms with E-state index in [1.165, 1.54) is 25.7 Å². The van der Waals surface area contributed by atoms with E-state index in [0.29, 0.717) is 0 Å². The molecule has 3 N–H and O–H groups in total. The van der Waals surface area contributed by atoms with Crippen LogP contribution >= 0.6 is 0 Å². The van der Waals surface area contributed by atoms with E-state index in [1.807, 2.05) is 0 Å². The zero-order valence-corrected chi connectivity index (χ0v) is 5.41. The Labute approximate surface area is 50.4 Å². The smallest absolute Gasteiger partial charge is 0.0293 e. The first-order chi connectivity index (χ1) is 3.77. The Bertz CT molecular complexity index is 74.6. The van der Waals surface area contributed by atoms with Gasteiger partial charge in [-0.2, -0.15) is 0 Å². The fourth-order valence-corrected chi connectivity index (χ4v) is 1.30. The van der Waals surface area contributed by atoms with Gasteiger partial charge >= 0.3 is 0 Å². The molecule has 0 aromatic heterocycles. The molecule has 0 aromatic rings. The highest BCUT2D eigenvalue weighted by molar-refractivity contribution is 4.85. The fraction of sp³-hybridized carbons (Fsp3) is 1.00. The predicted octanol–water partition coefficient (Wildman–Crippen LogP) is 0.782. The Morgan fingerprint density at radius 3 is 2.12 bits per heavy atom. The highest BCUT2D eigenvalue weighted by atomic mass is 15.3. The molecule has 1 aliphatic rings. The maximum absolute atomic E-state index is 5.32. The summed E-state index contributed by atoms with van der Waals surface area (Å²) in [5, 5.41) is 0. The van der Waals surface area contributed by atoms with Crippen molar-refractivity contribution in [2.45, 2.75) is 38.1 Å². The van der Waals surface area contributed by atoms with Crippen LogP contribution in [0.5, 0.6) is 0 Å². The maximum atomic E-state index is 5.32. The summed E-state index contributed by atoms with van der Waals surface area (Å²) in [5.41, 5.74) is 3.10. The summed E-state index contributed by atoms with van der Waals surface area (Å²) in [6.45, 7) is 2.18. The van der Waals surface area contributed by atoms with Crippen molar-refractivity contribution in [3.8, 4) is 0 Å². The average molecular weight is 114 g/mol. The standard InChI is InChI=1S/C6H14N2/c1-6(8-7)4-2-3-5-6/h8H,2-5,7H2,1H3. The van der Waals surface area contributed by atoms with E-state index in [9.17, 15) is 0 Å². The molecule has 0 unspecified atom stereocenters. The van der Waals surface area contributed by atoms with Crippen molar-refractivity contribution in [3.63, 3.8) is 0 Å². The normalized spacial score (nSPS) is 26.2. The van der Waals surface area contributed by atoms with E-state index in [0.717, 1.165) is 0 Å². The Morgan fingerprint density at radius 1 is 1.38 bits per heavy atom. The third-order valence-electron chi connectivity index (χ3n) is 2.06. The lowest BCUT2D eigenvalue weighted by atomic mass is 10.0. The Kier molecular flexibility index (Phi) is 1.54. The van der Waals surface area contributed by atoms with Gasteiger partial charge in [0.05, 0.1) is 0 Å². The minimum atomic E-state index is 0.264. The minimum Gasteiger partial charge on any atom is -0.271 e. The van der Waals surface area contributed by atoms with Crippen LogP contribution in [0, 0.1) is 0 Å². The second kappa shape index (κ2) is 2.03. The van der Waals surface area contributed by atoms with E-state index >= 15 is 0 Å². The van der Waals surface area contributed by atoms with Crippen molar-refractivity contribution < 1.29 is 0 Å². The molecule has 0 aliphatic heterocycles. The summed E-state index contributed by atoms with van der Waals surface area (Å²) in [7, 11) is 0. The number of nitrogens with one attached hydrogen (secondary N) is 1. The van der Waals surface area contributed by atoms with E-state index in [2.05, 4.69) is 12.3 Å². The molecule has 48 valence electrons. The second-order valence-corrected chi connectivity index (χ2v) is 2.91. The van der Waals surface area contributed by atoms with Gasteiger partial charge in [0.2, 0.25) is 0 Å². The molecule has 1 rings (SSSR count). The quantitative estimate of drug-likeness (QED) is 0.390. The first-order valence-corrected chi connectivity index (χ1v) is 3.25. The molecule has 0 amide bonds. The third-order valence-corrected chi connectivity index (χ3v) is 2.06. The molecule has 2 heteroatoms. The van der Waals surface area contributed by atoms with Crippen LogP contribution < -0.4 is 11.3 Å². The summed E-state index contributed by atoms with van der Waals surface area (Å²) in [6, 6.07) is 0. The van der Waals surface area contributed by atoms with Crippen molar-refractivity contribution >= 4 is 0 Å². The van der Waals surface area contributed by atoms with Gasteiger partial charge in [0.1, 0.15) is 0 Å². The summed E-state index contributed by atoms with van der Waals surface area (Å²) in [4.78, 5) is 0. The summed E-state index contributed by atoms with van der Waals surface area (Å²) in [6.07, 6.45) is 5.15. The van der Waals surface area contributed by atoms with Crippen LogP contribution in [0.1, 0.15) is 32.6 Å². The number of rotatable bonds is 1. The fourth-order valence-electron chi connectivity index (χ4n) is 1.30. The van der Waals surface area contributed by atoms with Gasteiger partial charge in [-0.05, 0) is 19.8 Å². The SMILES string of the molecule is CC1(NN)CCCC1. The molecule has 0 aromatic carbocycles. The monoisotopic (exact) mass is 114 g/mol. The highest BCUT2D eigenvalue weighted by Crippen LogP contribution is 2.27. The van der Waals surface area contributed by atoms with Crippen molar-refractivity contribution in [1.29, 1.82) is 0 Å². The summed E-state index contributed by atoms with van der Waals surface area (Å²) < 4.78 is 0. The van der Waals surface area contributed by atoms with E-state index in [-0.39, 0.29) is 5.54 Å². The summed E-state index contributed by atoms with van der Waals surface area (Å²) >= 11 is 0. The van der Waals surface area contributed by atoms with Gasteiger partial charge in [-0.1, -0.05) is 12.8 Å². The lowest BCUT2D eigenvalue weighted by molar-refractivity contribution is 0.373. The Morgan fingerprint density at radius 2 is 1.88 bits per heavy atom. The number of hydrogen-bond donors (Lipinski definition) is 2. The molecule has 1 saturated carbocycles. The van der Waals surface area contributed by atoms with Crippen LogP contribution in [0.2, 0.25) is 0 Å². The van der Waals surface area contributed by atoms with Crippen LogP contribution in [0.4, 0.5) is 0 Å². The van der Waals surface area contributed by atoms with E-state index < -0.39 is 0 Å². The molecule has 0 atom stereocenters. The van der Waals surface area contributed by atoms with Gasteiger partial charge in [-0.3, -0.25) is 11.3 Å². The van der Waals surface area contributed by atoms with Crippen LogP contribution in [0.25, 0.3) is 0 Å². The Hall–Kier alpha value is -0.0800. The largest absolute Gasteiger partial charge is 0.271 e. The van der Waals surface area contributed by atoms with Gasteiger partial charge in [-0.15, -0.1) is 0 Å². The number of hydrazine groups is 1. The highest BCUT2D eigenvalue weighted by Gasteiger charge is 2.26. The molecule has 0 bridgehead atoms. The van der Waals surface area contributed by atoms with Crippen LogP contribution in [0.3, 0.4) is 0 Å².